The fourth-order valence-corrected chi connectivity index (χ4v) is 2.99. The first-order valence-corrected chi connectivity index (χ1v) is 7.47. The first kappa shape index (κ1) is 13.8. The molecule has 1 aromatic heterocycles. The minimum atomic E-state index is 0.634. The molecule has 18 heavy (non-hydrogen) atoms. The lowest BCUT2D eigenvalue weighted by molar-refractivity contribution is 0.176. The van der Waals surface area contributed by atoms with Gasteiger partial charge in [0.25, 0.3) is 0 Å². The van der Waals surface area contributed by atoms with Gasteiger partial charge in [0.05, 0.1) is 12.8 Å². The van der Waals surface area contributed by atoms with E-state index in [2.05, 4.69) is 38.8 Å². The number of piperidine rings is 1. The van der Waals surface area contributed by atoms with Crippen LogP contribution in [-0.2, 0) is 6.54 Å². The highest BCUT2D eigenvalue weighted by Gasteiger charge is 2.22. The van der Waals surface area contributed by atoms with Crippen LogP contribution >= 0.6 is 15.9 Å². The van der Waals surface area contributed by atoms with Crippen LogP contribution in [0.2, 0.25) is 0 Å². The smallest absolute Gasteiger partial charge is 0.213 e. The highest BCUT2D eigenvalue weighted by atomic mass is 79.9. The summed E-state index contributed by atoms with van der Waals surface area (Å²) in [7, 11) is 1.66. The van der Waals surface area contributed by atoms with Crippen LogP contribution in [0.25, 0.3) is 0 Å². The highest BCUT2D eigenvalue weighted by Crippen LogP contribution is 2.25. The third-order valence-corrected chi connectivity index (χ3v) is 4.41. The number of pyridine rings is 1. The van der Waals surface area contributed by atoms with E-state index in [1.54, 1.807) is 7.11 Å². The number of halogens is 1. The van der Waals surface area contributed by atoms with E-state index in [1.165, 1.54) is 25.9 Å². The van der Waals surface area contributed by atoms with Crippen LogP contribution in [0, 0.1) is 5.92 Å². The number of likely N-dealkylation sites (tertiary alicyclic amines) is 1. The number of methoxy groups -OCH3 is 1. The van der Waals surface area contributed by atoms with Gasteiger partial charge in [-0.3, -0.25) is 4.90 Å². The van der Waals surface area contributed by atoms with Crippen LogP contribution in [0.15, 0.2) is 18.2 Å². The lowest BCUT2D eigenvalue weighted by atomic mass is 9.94. The molecule has 0 aliphatic carbocycles. The van der Waals surface area contributed by atoms with Crippen molar-refractivity contribution >= 4 is 15.9 Å². The highest BCUT2D eigenvalue weighted by molar-refractivity contribution is 9.09. The van der Waals surface area contributed by atoms with Gasteiger partial charge in [0.2, 0.25) is 5.88 Å². The Bertz CT molecular complexity index is 376. The number of ether oxygens (including phenoxy) is 1. The largest absolute Gasteiger partial charge is 0.481 e. The van der Waals surface area contributed by atoms with Crippen molar-refractivity contribution in [1.29, 1.82) is 0 Å². The maximum Gasteiger partial charge on any atom is 0.213 e. The van der Waals surface area contributed by atoms with Gasteiger partial charge in [-0.05, 0) is 37.9 Å². The Kier molecular flexibility index (Phi) is 5.01. The quantitative estimate of drug-likeness (QED) is 0.799. The lowest BCUT2D eigenvalue weighted by Gasteiger charge is -2.33. The van der Waals surface area contributed by atoms with Gasteiger partial charge < -0.3 is 4.74 Å². The number of alkyl halides is 1. The molecule has 0 amide bonds. The molecule has 3 nitrogen and oxygen atoms in total. The molecule has 0 bridgehead atoms. The summed E-state index contributed by atoms with van der Waals surface area (Å²) in [5.74, 6) is 1.52. The van der Waals surface area contributed by atoms with Crippen LogP contribution in [0.4, 0.5) is 0 Å². The summed E-state index contributed by atoms with van der Waals surface area (Å²) in [5.41, 5.74) is 1.10. The molecule has 0 saturated carbocycles. The molecule has 2 heterocycles. The van der Waals surface area contributed by atoms with E-state index in [1.807, 2.05) is 12.1 Å². The lowest BCUT2D eigenvalue weighted by Crippen LogP contribution is -2.35. The fraction of sp³-hybridized carbons (Fsp3) is 0.643. The predicted molar refractivity (Wildman–Crippen MR) is 77.2 cm³/mol. The van der Waals surface area contributed by atoms with Gasteiger partial charge in [-0.2, -0.15) is 0 Å². The molecule has 1 atom stereocenters. The minimum Gasteiger partial charge on any atom is -0.481 e. The van der Waals surface area contributed by atoms with Crippen LogP contribution in [0.1, 0.15) is 25.5 Å². The second-order valence-electron chi connectivity index (χ2n) is 4.96. The normalized spacial score (nSPS) is 19.7. The summed E-state index contributed by atoms with van der Waals surface area (Å²) in [4.78, 5) is 7.58. The van der Waals surface area contributed by atoms with Crippen LogP contribution in [-0.4, -0.2) is 34.9 Å². The Labute approximate surface area is 118 Å². The van der Waals surface area contributed by atoms with Gasteiger partial charge in [0.1, 0.15) is 0 Å². The summed E-state index contributed by atoms with van der Waals surface area (Å²) in [6, 6.07) is 5.97. The molecule has 0 N–H and O–H groups in total. The summed E-state index contributed by atoms with van der Waals surface area (Å²) < 4.78 is 5.16. The summed E-state index contributed by atoms with van der Waals surface area (Å²) in [6.45, 7) is 5.52. The average molecular weight is 313 g/mol. The first-order valence-electron chi connectivity index (χ1n) is 6.55. The minimum absolute atomic E-state index is 0.634. The van der Waals surface area contributed by atoms with E-state index in [9.17, 15) is 0 Å². The molecule has 100 valence electrons. The van der Waals surface area contributed by atoms with E-state index in [-0.39, 0.29) is 0 Å². The van der Waals surface area contributed by atoms with Crippen molar-refractivity contribution in [1.82, 2.24) is 9.88 Å². The summed E-state index contributed by atoms with van der Waals surface area (Å²) >= 11 is 3.69. The molecular formula is C14H21BrN2O. The van der Waals surface area contributed by atoms with Crippen molar-refractivity contribution in [3.63, 3.8) is 0 Å². The monoisotopic (exact) mass is 312 g/mol. The molecule has 2 rings (SSSR count). The van der Waals surface area contributed by atoms with Crippen molar-refractivity contribution < 1.29 is 4.74 Å². The van der Waals surface area contributed by atoms with E-state index in [0.29, 0.717) is 10.7 Å². The maximum absolute atomic E-state index is 5.16. The Hall–Kier alpha value is -0.610. The topological polar surface area (TPSA) is 25.4 Å². The van der Waals surface area contributed by atoms with Crippen LogP contribution < -0.4 is 4.74 Å². The van der Waals surface area contributed by atoms with Crippen LogP contribution in [0.3, 0.4) is 0 Å². The Morgan fingerprint density at radius 2 is 2.17 bits per heavy atom. The van der Waals surface area contributed by atoms with Gasteiger partial charge in [0, 0.05) is 17.4 Å². The molecule has 1 aliphatic heterocycles. The zero-order chi connectivity index (χ0) is 13.0. The Morgan fingerprint density at radius 3 is 2.78 bits per heavy atom. The van der Waals surface area contributed by atoms with E-state index < -0.39 is 0 Å². The number of hydrogen-bond donors (Lipinski definition) is 0. The van der Waals surface area contributed by atoms with Gasteiger partial charge in [0.15, 0.2) is 0 Å². The molecular weight excluding hydrogens is 292 g/mol. The van der Waals surface area contributed by atoms with Crippen molar-refractivity contribution in [3.8, 4) is 5.88 Å². The maximum atomic E-state index is 5.16. The van der Waals surface area contributed by atoms with Gasteiger partial charge in [-0.25, -0.2) is 4.98 Å². The number of nitrogens with zero attached hydrogens (tertiary/aromatic N) is 2. The molecule has 0 spiro atoms. The number of aromatic nitrogens is 1. The molecule has 0 radical (unpaired) electrons. The predicted octanol–water partition coefficient (Wildman–Crippen LogP) is 3.09. The van der Waals surface area contributed by atoms with E-state index >= 15 is 0 Å². The van der Waals surface area contributed by atoms with Crippen molar-refractivity contribution in [2.45, 2.75) is 31.1 Å². The van der Waals surface area contributed by atoms with Crippen molar-refractivity contribution in [2.24, 2.45) is 5.92 Å². The zero-order valence-electron chi connectivity index (χ0n) is 11.1. The molecule has 1 unspecified atom stereocenters. The van der Waals surface area contributed by atoms with Gasteiger partial charge in [-0.15, -0.1) is 0 Å². The Balaban J connectivity index is 1.87. The number of hydrogen-bond acceptors (Lipinski definition) is 3. The number of rotatable bonds is 4. The molecule has 0 aromatic carbocycles. The zero-order valence-corrected chi connectivity index (χ0v) is 12.7. The standard InChI is InChI=1S/C14H21BrN2O/c1-11(15)12-6-8-17(9-7-12)10-13-4-3-5-14(16-13)18-2/h3-5,11-12H,6-10H2,1-2H3. The molecule has 1 fully saturated rings. The third kappa shape index (κ3) is 3.69. The fourth-order valence-electron chi connectivity index (χ4n) is 2.46. The first-order chi connectivity index (χ1) is 8.69. The SMILES string of the molecule is COc1cccc(CN2CCC(C(C)Br)CC2)n1. The van der Waals surface area contributed by atoms with Crippen molar-refractivity contribution in [2.75, 3.05) is 20.2 Å². The molecule has 1 saturated heterocycles. The van der Waals surface area contributed by atoms with Gasteiger partial charge >= 0.3 is 0 Å². The third-order valence-electron chi connectivity index (χ3n) is 3.66. The average Bonchev–Trinajstić information content (AvgIpc) is 2.39. The molecule has 1 aromatic rings. The summed E-state index contributed by atoms with van der Waals surface area (Å²) in [5, 5.41) is 0. The Morgan fingerprint density at radius 1 is 1.44 bits per heavy atom. The molecule has 4 heteroatoms. The van der Waals surface area contributed by atoms with E-state index in [0.717, 1.165) is 18.2 Å². The van der Waals surface area contributed by atoms with Gasteiger partial charge in [-0.1, -0.05) is 28.9 Å². The summed E-state index contributed by atoms with van der Waals surface area (Å²) in [6.07, 6.45) is 2.55. The second-order valence-corrected chi connectivity index (χ2v) is 6.41. The second kappa shape index (κ2) is 6.53. The van der Waals surface area contributed by atoms with Crippen LogP contribution in [0.5, 0.6) is 5.88 Å². The van der Waals surface area contributed by atoms with E-state index in [4.69, 9.17) is 4.74 Å². The molecule has 1 aliphatic rings. The van der Waals surface area contributed by atoms with Crippen molar-refractivity contribution in [3.05, 3.63) is 23.9 Å².